The highest BCUT2D eigenvalue weighted by Gasteiger charge is 2.29. The molecule has 1 fully saturated rings. The minimum atomic E-state index is -3.82. The van der Waals surface area contributed by atoms with Crippen LogP contribution in [0.15, 0.2) is 77.7 Å². The molecule has 0 atom stereocenters. The van der Waals surface area contributed by atoms with Crippen LogP contribution >= 0.6 is 0 Å². The molecule has 1 saturated heterocycles. The van der Waals surface area contributed by atoms with Gasteiger partial charge in [0, 0.05) is 37.6 Å². The van der Waals surface area contributed by atoms with Crippen LogP contribution in [0.4, 0.5) is 15.8 Å². The molecule has 0 unspecified atom stereocenters. The maximum Gasteiger partial charge on any atom is 0.338 e. The highest BCUT2D eigenvalue weighted by molar-refractivity contribution is 7.89. The highest BCUT2D eigenvalue weighted by Crippen LogP contribution is 2.22. The Morgan fingerprint density at radius 2 is 1.67 bits per heavy atom. The van der Waals surface area contributed by atoms with Gasteiger partial charge < -0.3 is 15.0 Å². The first kappa shape index (κ1) is 25.3. The Labute approximate surface area is 209 Å². The molecule has 0 aromatic heterocycles. The summed E-state index contributed by atoms with van der Waals surface area (Å²) < 4.78 is 46.4. The number of ether oxygens (including phenoxy) is 1. The van der Waals surface area contributed by atoms with Gasteiger partial charge in [0.05, 0.1) is 10.5 Å². The zero-order valence-corrected chi connectivity index (χ0v) is 20.5. The van der Waals surface area contributed by atoms with E-state index in [1.807, 2.05) is 30.3 Å². The summed E-state index contributed by atoms with van der Waals surface area (Å²) in [7, 11) is -3.82. The fourth-order valence-corrected chi connectivity index (χ4v) is 5.31. The lowest BCUT2D eigenvalue weighted by molar-refractivity contribution is -0.119. The van der Waals surface area contributed by atoms with Crippen molar-refractivity contribution in [1.29, 1.82) is 0 Å². The van der Waals surface area contributed by atoms with E-state index in [0.29, 0.717) is 31.7 Å². The second kappa shape index (κ2) is 10.9. The van der Waals surface area contributed by atoms with E-state index in [0.717, 1.165) is 5.69 Å². The minimum absolute atomic E-state index is 0.00757. The number of hydrogen-bond donors (Lipinski definition) is 1. The van der Waals surface area contributed by atoms with Crippen LogP contribution in [-0.2, 0) is 19.6 Å². The summed E-state index contributed by atoms with van der Waals surface area (Å²) in [5.74, 6) is -1.96. The maximum absolute atomic E-state index is 13.6. The van der Waals surface area contributed by atoms with Crippen molar-refractivity contribution < 1.29 is 27.1 Å². The first-order valence-electron chi connectivity index (χ1n) is 11.4. The lowest BCUT2D eigenvalue weighted by Gasteiger charge is -2.35. The van der Waals surface area contributed by atoms with Gasteiger partial charge in [-0.15, -0.1) is 0 Å². The highest BCUT2D eigenvalue weighted by atomic mass is 32.2. The van der Waals surface area contributed by atoms with Crippen molar-refractivity contribution in [3.8, 4) is 0 Å². The van der Waals surface area contributed by atoms with Crippen LogP contribution in [0.3, 0.4) is 0 Å². The molecule has 0 radical (unpaired) electrons. The molecule has 188 valence electrons. The first-order valence-corrected chi connectivity index (χ1v) is 12.8. The number of carbonyl (C=O) groups is 2. The zero-order chi connectivity index (χ0) is 25.7. The van der Waals surface area contributed by atoms with E-state index in [4.69, 9.17) is 4.74 Å². The SMILES string of the molecule is Cc1ccc(NC(=O)COC(=O)c2cccc(S(=O)(=O)N3CCN(c4ccccc4)CC3)c2)cc1F. The number of amides is 1. The molecule has 3 aromatic rings. The van der Waals surface area contributed by atoms with E-state index in [-0.39, 0.29) is 16.1 Å². The third kappa shape index (κ3) is 5.89. The van der Waals surface area contributed by atoms with Gasteiger partial charge in [-0.3, -0.25) is 4.79 Å². The van der Waals surface area contributed by atoms with Crippen molar-refractivity contribution in [3.63, 3.8) is 0 Å². The number of rotatable bonds is 7. The predicted molar refractivity (Wildman–Crippen MR) is 134 cm³/mol. The largest absolute Gasteiger partial charge is 0.452 e. The summed E-state index contributed by atoms with van der Waals surface area (Å²) in [6.07, 6.45) is 0. The Kier molecular flexibility index (Phi) is 7.66. The molecule has 1 aliphatic heterocycles. The monoisotopic (exact) mass is 511 g/mol. The van der Waals surface area contributed by atoms with E-state index in [9.17, 15) is 22.4 Å². The van der Waals surface area contributed by atoms with E-state index < -0.39 is 34.3 Å². The number of nitrogens with one attached hydrogen (secondary N) is 1. The first-order chi connectivity index (χ1) is 17.2. The molecule has 8 nitrogen and oxygen atoms in total. The zero-order valence-electron chi connectivity index (χ0n) is 19.7. The quantitative estimate of drug-likeness (QED) is 0.489. The molecule has 0 spiro atoms. The molecule has 1 aliphatic rings. The molecule has 4 rings (SSSR count). The molecule has 1 heterocycles. The van der Waals surface area contributed by atoms with Gasteiger partial charge in [-0.2, -0.15) is 4.31 Å². The number of halogens is 1. The van der Waals surface area contributed by atoms with Crippen molar-refractivity contribution in [1.82, 2.24) is 4.31 Å². The summed E-state index contributed by atoms with van der Waals surface area (Å²) in [5.41, 5.74) is 1.72. The van der Waals surface area contributed by atoms with Crippen molar-refractivity contribution in [2.24, 2.45) is 0 Å². The van der Waals surface area contributed by atoms with Crippen molar-refractivity contribution in [2.45, 2.75) is 11.8 Å². The molecule has 3 aromatic carbocycles. The molecule has 0 aliphatic carbocycles. The minimum Gasteiger partial charge on any atom is -0.452 e. The van der Waals surface area contributed by atoms with Crippen LogP contribution in [0.25, 0.3) is 0 Å². The molecule has 10 heteroatoms. The molecular weight excluding hydrogens is 485 g/mol. The normalized spacial score (nSPS) is 14.3. The van der Waals surface area contributed by atoms with Crippen LogP contribution in [0.2, 0.25) is 0 Å². The lowest BCUT2D eigenvalue weighted by Crippen LogP contribution is -2.48. The molecular formula is C26H26FN3O5S. The van der Waals surface area contributed by atoms with E-state index in [2.05, 4.69) is 10.2 Å². The summed E-state index contributed by atoms with van der Waals surface area (Å²) >= 11 is 0. The Morgan fingerprint density at radius 1 is 0.944 bits per heavy atom. The Balaban J connectivity index is 1.35. The summed E-state index contributed by atoms with van der Waals surface area (Å²) in [6, 6.07) is 19.5. The molecule has 0 bridgehead atoms. The maximum atomic E-state index is 13.6. The number of aryl methyl sites for hydroxylation is 1. The standard InChI is InChI=1S/C26H26FN3O5S/c1-19-10-11-21(17-24(19)27)28-25(31)18-35-26(32)20-6-5-9-23(16-20)36(33,34)30-14-12-29(13-15-30)22-7-3-2-4-8-22/h2-11,16-17H,12-15,18H2,1H3,(H,28,31). The fourth-order valence-electron chi connectivity index (χ4n) is 3.84. The van der Waals surface area contributed by atoms with Crippen molar-refractivity contribution in [2.75, 3.05) is 43.0 Å². The lowest BCUT2D eigenvalue weighted by atomic mass is 10.2. The molecule has 0 saturated carbocycles. The number of benzene rings is 3. The van der Waals surface area contributed by atoms with Crippen LogP contribution in [-0.4, -0.2) is 57.4 Å². The third-order valence-electron chi connectivity index (χ3n) is 5.86. The summed E-state index contributed by atoms with van der Waals surface area (Å²) in [5, 5.41) is 2.45. The second-order valence-corrected chi connectivity index (χ2v) is 10.3. The summed E-state index contributed by atoms with van der Waals surface area (Å²) in [6.45, 7) is 2.71. The van der Waals surface area contributed by atoms with Gasteiger partial charge in [0.25, 0.3) is 5.91 Å². The van der Waals surface area contributed by atoms with Gasteiger partial charge in [-0.05, 0) is 55.0 Å². The summed E-state index contributed by atoms with van der Waals surface area (Å²) in [4.78, 5) is 26.7. The number of anilines is 2. The van der Waals surface area contributed by atoms with Crippen LogP contribution in [0, 0.1) is 12.7 Å². The van der Waals surface area contributed by atoms with Crippen LogP contribution < -0.4 is 10.2 Å². The van der Waals surface area contributed by atoms with Crippen molar-refractivity contribution >= 4 is 33.3 Å². The van der Waals surface area contributed by atoms with E-state index in [1.165, 1.54) is 46.8 Å². The average Bonchev–Trinajstić information content (AvgIpc) is 2.90. The average molecular weight is 512 g/mol. The number of carbonyl (C=O) groups excluding carboxylic acids is 2. The molecule has 1 N–H and O–H groups in total. The number of piperazine rings is 1. The van der Waals surface area contributed by atoms with Gasteiger partial charge >= 0.3 is 5.97 Å². The van der Waals surface area contributed by atoms with Gasteiger partial charge in [-0.25, -0.2) is 17.6 Å². The fraction of sp³-hybridized carbons (Fsp3) is 0.231. The van der Waals surface area contributed by atoms with Gasteiger partial charge in [0.2, 0.25) is 10.0 Å². The number of esters is 1. The smallest absolute Gasteiger partial charge is 0.338 e. The molecule has 1 amide bonds. The second-order valence-electron chi connectivity index (χ2n) is 8.34. The molecule has 36 heavy (non-hydrogen) atoms. The van der Waals surface area contributed by atoms with Gasteiger partial charge in [-0.1, -0.05) is 30.3 Å². The number of para-hydroxylation sites is 1. The third-order valence-corrected chi connectivity index (χ3v) is 7.75. The van der Waals surface area contributed by atoms with Crippen LogP contribution in [0.5, 0.6) is 0 Å². The Hall–Kier alpha value is -3.76. The predicted octanol–water partition coefficient (Wildman–Crippen LogP) is 3.44. The van der Waals surface area contributed by atoms with E-state index >= 15 is 0 Å². The number of hydrogen-bond acceptors (Lipinski definition) is 6. The van der Waals surface area contributed by atoms with Crippen LogP contribution in [0.1, 0.15) is 15.9 Å². The van der Waals surface area contributed by atoms with Crippen molar-refractivity contribution in [3.05, 3.63) is 89.7 Å². The topological polar surface area (TPSA) is 96.0 Å². The number of nitrogens with zero attached hydrogens (tertiary/aromatic N) is 2. The number of sulfonamides is 1. The van der Waals surface area contributed by atoms with Gasteiger partial charge in [0.1, 0.15) is 5.82 Å². The Morgan fingerprint density at radius 3 is 2.36 bits per heavy atom. The van der Waals surface area contributed by atoms with E-state index in [1.54, 1.807) is 6.92 Å². The Bertz CT molecular complexity index is 1360. The van der Waals surface area contributed by atoms with Gasteiger partial charge in [0.15, 0.2) is 6.61 Å².